The van der Waals surface area contributed by atoms with E-state index in [2.05, 4.69) is 32.7 Å². The Bertz CT molecular complexity index is 705. The van der Waals surface area contributed by atoms with E-state index in [1.165, 1.54) is 18.4 Å². The molecule has 1 aromatic heterocycles. The highest BCUT2D eigenvalue weighted by Gasteiger charge is 2.19. The SMILES string of the molecule is CN=C(NCCc1ccco1)NCC1CCN(Cc2ccc(OC)cc2)CC1. The zero-order chi connectivity index (χ0) is 19.6. The fourth-order valence-electron chi connectivity index (χ4n) is 3.56. The van der Waals surface area contributed by atoms with Crippen LogP contribution in [-0.2, 0) is 13.0 Å². The first-order valence-electron chi connectivity index (χ1n) is 10.1. The molecule has 1 aliphatic rings. The molecular weight excluding hydrogens is 352 g/mol. The predicted molar refractivity (Wildman–Crippen MR) is 113 cm³/mol. The Balaban J connectivity index is 1.32. The van der Waals surface area contributed by atoms with E-state index in [-0.39, 0.29) is 0 Å². The van der Waals surface area contributed by atoms with Crippen LogP contribution in [0, 0.1) is 5.92 Å². The summed E-state index contributed by atoms with van der Waals surface area (Å²) in [6.07, 6.45) is 5.00. The third kappa shape index (κ3) is 6.30. The Morgan fingerprint density at radius 3 is 2.61 bits per heavy atom. The highest BCUT2D eigenvalue weighted by Crippen LogP contribution is 2.19. The third-order valence-corrected chi connectivity index (χ3v) is 5.30. The minimum Gasteiger partial charge on any atom is -0.497 e. The van der Waals surface area contributed by atoms with Crippen LogP contribution < -0.4 is 15.4 Å². The molecule has 28 heavy (non-hydrogen) atoms. The Morgan fingerprint density at radius 1 is 1.18 bits per heavy atom. The van der Waals surface area contributed by atoms with Crippen LogP contribution in [0.5, 0.6) is 5.75 Å². The predicted octanol–water partition coefficient (Wildman–Crippen LogP) is 2.91. The smallest absolute Gasteiger partial charge is 0.190 e. The van der Waals surface area contributed by atoms with E-state index >= 15 is 0 Å². The van der Waals surface area contributed by atoms with Crippen molar-refractivity contribution in [3.63, 3.8) is 0 Å². The molecule has 1 fully saturated rings. The van der Waals surface area contributed by atoms with Gasteiger partial charge in [-0.15, -0.1) is 0 Å². The van der Waals surface area contributed by atoms with E-state index in [0.29, 0.717) is 5.92 Å². The lowest BCUT2D eigenvalue weighted by molar-refractivity contribution is 0.178. The average Bonchev–Trinajstić information content (AvgIpc) is 3.26. The molecular formula is C22H32N4O2. The molecule has 2 heterocycles. The quantitative estimate of drug-likeness (QED) is 0.541. The van der Waals surface area contributed by atoms with Crippen LogP contribution >= 0.6 is 0 Å². The lowest BCUT2D eigenvalue weighted by Crippen LogP contribution is -2.43. The van der Waals surface area contributed by atoms with E-state index < -0.39 is 0 Å². The summed E-state index contributed by atoms with van der Waals surface area (Å²) in [5.41, 5.74) is 1.35. The lowest BCUT2D eigenvalue weighted by Gasteiger charge is -2.32. The first-order chi connectivity index (χ1) is 13.8. The van der Waals surface area contributed by atoms with E-state index in [0.717, 1.165) is 56.6 Å². The molecule has 0 unspecified atom stereocenters. The number of nitrogens with one attached hydrogen (secondary N) is 2. The number of hydrogen-bond acceptors (Lipinski definition) is 4. The summed E-state index contributed by atoms with van der Waals surface area (Å²) >= 11 is 0. The second-order valence-electron chi connectivity index (χ2n) is 7.28. The number of likely N-dealkylation sites (tertiary alicyclic amines) is 1. The Morgan fingerprint density at radius 2 is 1.96 bits per heavy atom. The molecule has 0 atom stereocenters. The van der Waals surface area contributed by atoms with E-state index in [1.54, 1.807) is 13.4 Å². The van der Waals surface area contributed by atoms with Crippen LogP contribution in [0.1, 0.15) is 24.2 Å². The van der Waals surface area contributed by atoms with Crippen molar-refractivity contribution in [2.75, 3.05) is 40.3 Å². The monoisotopic (exact) mass is 384 g/mol. The fraction of sp³-hybridized carbons (Fsp3) is 0.500. The number of guanidine groups is 1. The highest BCUT2D eigenvalue weighted by molar-refractivity contribution is 5.79. The molecule has 1 aromatic carbocycles. The van der Waals surface area contributed by atoms with Crippen LogP contribution in [0.25, 0.3) is 0 Å². The van der Waals surface area contributed by atoms with Gasteiger partial charge < -0.3 is 19.8 Å². The molecule has 1 saturated heterocycles. The van der Waals surface area contributed by atoms with Gasteiger partial charge in [0.2, 0.25) is 0 Å². The summed E-state index contributed by atoms with van der Waals surface area (Å²) in [5.74, 6) is 3.47. The second kappa shape index (κ2) is 10.8. The van der Waals surface area contributed by atoms with Gasteiger partial charge in [0, 0.05) is 33.1 Å². The summed E-state index contributed by atoms with van der Waals surface area (Å²) in [6.45, 7) is 5.08. The number of ether oxygens (including phenoxy) is 1. The van der Waals surface area contributed by atoms with Crippen LogP contribution in [0.3, 0.4) is 0 Å². The topological polar surface area (TPSA) is 62.0 Å². The molecule has 0 bridgehead atoms. The standard InChI is InChI=1S/C22H32N4O2/c1-23-22(24-12-9-21-4-3-15-28-21)25-16-18-10-13-26(14-11-18)17-19-5-7-20(27-2)8-6-19/h3-8,15,18H,9-14,16-17H2,1-2H3,(H2,23,24,25). The zero-order valence-electron chi connectivity index (χ0n) is 17.0. The van der Waals surface area contributed by atoms with Crippen molar-refractivity contribution in [3.8, 4) is 5.75 Å². The molecule has 0 aliphatic carbocycles. The molecule has 6 nitrogen and oxygen atoms in total. The van der Waals surface area contributed by atoms with Crippen molar-refractivity contribution in [2.45, 2.75) is 25.8 Å². The first-order valence-corrected chi connectivity index (χ1v) is 10.1. The maximum absolute atomic E-state index is 5.36. The van der Waals surface area contributed by atoms with Crippen molar-refractivity contribution in [2.24, 2.45) is 10.9 Å². The van der Waals surface area contributed by atoms with Crippen LogP contribution in [-0.4, -0.2) is 51.2 Å². The summed E-state index contributed by atoms with van der Waals surface area (Å²) in [4.78, 5) is 6.86. The molecule has 0 amide bonds. The zero-order valence-corrected chi connectivity index (χ0v) is 17.0. The van der Waals surface area contributed by atoms with Crippen molar-refractivity contribution in [3.05, 3.63) is 54.0 Å². The maximum Gasteiger partial charge on any atom is 0.190 e. The lowest BCUT2D eigenvalue weighted by atomic mass is 9.96. The van der Waals surface area contributed by atoms with Gasteiger partial charge in [-0.05, 0) is 61.7 Å². The average molecular weight is 385 g/mol. The van der Waals surface area contributed by atoms with Crippen LogP contribution in [0.2, 0.25) is 0 Å². The normalized spacial score (nSPS) is 16.1. The Hall–Kier alpha value is -2.47. The van der Waals surface area contributed by atoms with Gasteiger partial charge in [-0.3, -0.25) is 9.89 Å². The number of aliphatic imine (C=N–C) groups is 1. The van der Waals surface area contributed by atoms with E-state index in [9.17, 15) is 0 Å². The number of benzene rings is 1. The Kier molecular flexibility index (Phi) is 7.79. The minimum absolute atomic E-state index is 0.691. The van der Waals surface area contributed by atoms with E-state index in [1.807, 2.05) is 31.3 Å². The van der Waals surface area contributed by atoms with Gasteiger partial charge >= 0.3 is 0 Å². The van der Waals surface area contributed by atoms with Crippen molar-refractivity contribution < 1.29 is 9.15 Å². The molecule has 2 aromatic rings. The molecule has 1 aliphatic heterocycles. The van der Waals surface area contributed by atoms with Crippen molar-refractivity contribution in [1.29, 1.82) is 0 Å². The van der Waals surface area contributed by atoms with Crippen LogP contribution in [0.15, 0.2) is 52.1 Å². The van der Waals surface area contributed by atoms with Gasteiger partial charge in [0.25, 0.3) is 0 Å². The van der Waals surface area contributed by atoms with Gasteiger partial charge in [-0.1, -0.05) is 12.1 Å². The number of rotatable bonds is 8. The maximum atomic E-state index is 5.36. The molecule has 152 valence electrons. The number of hydrogen-bond donors (Lipinski definition) is 2. The van der Waals surface area contributed by atoms with Gasteiger partial charge in [-0.25, -0.2) is 0 Å². The second-order valence-corrected chi connectivity index (χ2v) is 7.28. The summed E-state index contributed by atoms with van der Waals surface area (Å²) in [5, 5.41) is 6.83. The summed E-state index contributed by atoms with van der Waals surface area (Å²) in [7, 11) is 3.52. The Labute approximate surface area is 168 Å². The summed E-state index contributed by atoms with van der Waals surface area (Å²) < 4.78 is 10.6. The van der Waals surface area contributed by atoms with Crippen LogP contribution in [0.4, 0.5) is 0 Å². The van der Waals surface area contributed by atoms with Gasteiger partial charge in [0.1, 0.15) is 11.5 Å². The first kappa shape index (κ1) is 20.3. The largest absolute Gasteiger partial charge is 0.497 e. The van der Waals surface area contributed by atoms with E-state index in [4.69, 9.17) is 9.15 Å². The fourth-order valence-corrected chi connectivity index (χ4v) is 3.56. The molecule has 0 saturated carbocycles. The third-order valence-electron chi connectivity index (χ3n) is 5.30. The van der Waals surface area contributed by atoms with Gasteiger partial charge in [0.05, 0.1) is 13.4 Å². The summed E-state index contributed by atoms with van der Waals surface area (Å²) in [6, 6.07) is 12.3. The molecule has 3 rings (SSSR count). The van der Waals surface area contributed by atoms with Gasteiger partial charge in [-0.2, -0.15) is 0 Å². The van der Waals surface area contributed by atoms with Crippen molar-refractivity contribution in [1.82, 2.24) is 15.5 Å². The minimum atomic E-state index is 0.691. The number of furan rings is 1. The molecule has 0 spiro atoms. The van der Waals surface area contributed by atoms with Gasteiger partial charge in [0.15, 0.2) is 5.96 Å². The highest BCUT2D eigenvalue weighted by atomic mass is 16.5. The number of nitrogens with zero attached hydrogens (tertiary/aromatic N) is 2. The molecule has 6 heteroatoms. The number of methoxy groups -OCH3 is 1. The molecule has 2 N–H and O–H groups in total. The molecule has 0 radical (unpaired) electrons. The van der Waals surface area contributed by atoms with Crippen molar-refractivity contribution >= 4 is 5.96 Å². The number of piperidine rings is 1.